The van der Waals surface area contributed by atoms with E-state index in [4.69, 9.17) is 0 Å². The van der Waals surface area contributed by atoms with Gasteiger partial charge in [-0.2, -0.15) is 0 Å². The van der Waals surface area contributed by atoms with Crippen LogP contribution in [0.3, 0.4) is 0 Å². The average Bonchev–Trinajstić information content (AvgIpc) is 2.59. The Morgan fingerprint density at radius 3 is 2.08 bits per heavy atom. The van der Waals surface area contributed by atoms with Gasteiger partial charge in [0.1, 0.15) is 0 Å². The molecule has 7 nitrogen and oxygen atoms in total. The summed E-state index contributed by atoms with van der Waals surface area (Å²) >= 11 is 0. The van der Waals surface area contributed by atoms with E-state index in [-0.39, 0.29) is 24.3 Å². The fourth-order valence-corrected chi connectivity index (χ4v) is 2.25. The van der Waals surface area contributed by atoms with Crippen LogP contribution in [0.2, 0.25) is 0 Å². The molecule has 0 atom stereocenters. The zero-order chi connectivity index (χ0) is 19.1. The molecule has 0 aliphatic heterocycles. The van der Waals surface area contributed by atoms with Gasteiger partial charge in [-0.15, -0.1) is 0 Å². The third kappa shape index (κ3) is 5.62. The van der Waals surface area contributed by atoms with Gasteiger partial charge in [0.25, 0.3) is 5.91 Å². The Morgan fingerprint density at radius 2 is 1.50 bits per heavy atom. The third-order valence-electron chi connectivity index (χ3n) is 3.46. The molecular formula is C19H22N4O3. The van der Waals surface area contributed by atoms with E-state index in [1.54, 1.807) is 62.6 Å². The molecule has 0 aliphatic rings. The van der Waals surface area contributed by atoms with Gasteiger partial charge < -0.3 is 20.9 Å². The van der Waals surface area contributed by atoms with Crippen molar-refractivity contribution >= 4 is 34.8 Å². The summed E-state index contributed by atoms with van der Waals surface area (Å²) < 4.78 is 0. The molecule has 26 heavy (non-hydrogen) atoms. The van der Waals surface area contributed by atoms with Crippen LogP contribution in [0, 0.1) is 0 Å². The average molecular weight is 354 g/mol. The fraction of sp³-hybridized carbons (Fsp3) is 0.211. The molecule has 136 valence electrons. The standard InChI is InChI=1S/C19H22N4O3/c1-13(24)21-16-5-4-6-17(11-16)22-18(25)12-20-15-9-7-14(8-10-15)19(26)23(2)3/h4-11,20H,12H2,1-3H3,(H,21,24)(H,22,25). The second-order valence-corrected chi connectivity index (χ2v) is 5.94. The molecule has 0 unspecified atom stereocenters. The molecule has 0 fully saturated rings. The number of hydrogen-bond acceptors (Lipinski definition) is 4. The maximum Gasteiger partial charge on any atom is 0.253 e. The van der Waals surface area contributed by atoms with E-state index >= 15 is 0 Å². The van der Waals surface area contributed by atoms with Gasteiger partial charge in [-0.1, -0.05) is 6.07 Å². The molecule has 0 saturated carbocycles. The predicted octanol–water partition coefficient (Wildman–Crippen LogP) is 2.40. The molecule has 7 heteroatoms. The Hall–Kier alpha value is -3.35. The zero-order valence-corrected chi connectivity index (χ0v) is 15.0. The van der Waals surface area contributed by atoms with Crippen LogP contribution in [0.25, 0.3) is 0 Å². The minimum atomic E-state index is -0.224. The molecule has 0 radical (unpaired) electrons. The van der Waals surface area contributed by atoms with Crippen LogP contribution in [0.1, 0.15) is 17.3 Å². The minimum absolute atomic E-state index is 0.0747. The third-order valence-corrected chi connectivity index (χ3v) is 3.46. The van der Waals surface area contributed by atoms with Gasteiger partial charge in [0.05, 0.1) is 6.54 Å². The minimum Gasteiger partial charge on any atom is -0.376 e. The lowest BCUT2D eigenvalue weighted by Gasteiger charge is -2.12. The van der Waals surface area contributed by atoms with Gasteiger partial charge in [-0.25, -0.2) is 0 Å². The van der Waals surface area contributed by atoms with Crippen LogP contribution in [-0.4, -0.2) is 43.3 Å². The van der Waals surface area contributed by atoms with Crippen LogP contribution in [0.5, 0.6) is 0 Å². The maximum absolute atomic E-state index is 12.1. The molecular weight excluding hydrogens is 332 g/mol. The first-order valence-corrected chi connectivity index (χ1v) is 8.08. The molecule has 0 aromatic heterocycles. The zero-order valence-electron chi connectivity index (χ0n) is 15.0. The predicted molar refractivity (Wildman–Crippen MR) is 102 cm³/mol. The smallest absolute Gasteiger partial charge is 0.253 e. The Morgan fingerprint density at radius 1 is 0.885 bits per heavy atom. The Balaban J connectivity index is 1.89. The number of nitrogens with zero attached hydrogens (tertiary/aromatic N) is 1. The summed E-state index contributed by atoms with van der Waals surface area (Å²) in [5, 5.41) is 8.42. The fourth-order valence-electron chi connectivity index (χ4n) is 2.25. The summed E-state index contributed by atoms with van der Waals surface area (Å²) in [7, 11) is 3.39. The number of hydrogen-bond donors (Lipinski definition) is 3. The number of rotatable bonds is 6. The second kappa shape index (κ2) is 8.66. The number of benzene rings is 2. The first-order valence-electron chi connectivity index (χ1n) is 8.08. The number of amides is 3. The van der Waals surface area contributed by atoms with Crippen molar-refractivity contribution in [3.8, 4) is 0 Å². The van der Waals surface area contributed by atoms with Gasteiger partial charge in [0.15, 0.2) is 0 Å². The van der Waals surface area contributed by atoms with Gasteiger partial charge in [-0.05, 0) is 42.5 Å². The van der Waals surface area contributed by atoms with E-state index in [9.17, 15) is 14.4 Å². The summed E-state index contributed by atoms with van der Waals surface area (Å²) in [5.74, 6) is -0.474. The molecule has 2 aromatic rings. The van der Waals surface area contributed by atoms with Crippen molar-refractivity contribution in [3.63, 3.8) is 0 Å². The van der Waals surface area contributed by atoms with Crippen molar-refractivity contribution in [2.24, 2.45) is 0 Å². The SMILES string of the molecule is CC(=O)Nc1cccc(NC(=O)CNc2ccc(C(=O)N(C)C)cc2)c1. The normalized spacial score (nSPS) is 9.96. The number of carbonyl (C=O) groups is 3. The lowest BCUT2D eigenvalue weighted by atomic mass is 10.2. The molecule has 0 spiro atoms. The van der Waals surface area contributed by atoms with Crippen molar-refractivity contribution in [1.82, 2.24) is 4.90 Å². The van der Waals surface area contributed by atoms with Gasteiger partial charge >= 0.3 is 0 Å². The number of anilines is 3. The topological polar surface area (TPSA) is 90.5 Å². The monoisotopic (exact) mass is 354 g/mol. The van der Waals surface area contributed by atoms with Crippen molar-refractivity contribution in [1.29, 1.82) is 0 Å². The van der Waals surface area contributed by atoms with Crippen LogP contribution in [0.15, 0.2) is 48.5 Å². The summed E-state index contributed by atoms with van der Waals surface area (Å²) in [4.78, 5) is 36.5. The van der Waals surface area contributed by atoms with Crippen molar-refractivity contribution in [2.75, 3.05) is 36.6 Å². The molecule has 0 aliphatic carbocycles. The molecule has 0 heterocycles. The molecule has 0 bridgehead atoms. The molecule has 2 aromatic carbocycles. The Labute approximate surface area is 152 Å². The van der Waals surface area contributed by atoms with Gasteiger partial charge in [-0.3, -0.25) is 14.4 Å². The highest BCUT2D eigenvalue weighted by atomic mass is 16.2. The maximum atomic E-state index is 12.1. The Kier molecular flexibility index (Phi) is 6.32. The summed E-state index contributed by atoms with van der Waals surface area (Å²) in [6, 6.07) is 13.8. The molecule has 2 rings (SSSR count). The summed E-state index contributed by atoms with van der Waals surface area (Å²) in [6.07, 6.45) is 0. The van der Waals surface area contributed by atoms with E-state index in [2.05, 4.69) is 16.0 Å². The van der Waals surface area contributed by atoms with Crippen molar-refractivity contribution in [3.05, 3.63) is 54.1 Å². The van der Waals surface area contributed by atoms with Crippen molar-refractivity contribution in [2.45, 2.75) is 6.92 Å². The van der Waals surface area contributed by atoms with Crippen LogP contribution >= 0.6 is 0 Å². The number of nitrogens with one attached hydrogen (secondary N) is 3. The highest BCUT2D eigenvalue weighted by molar-refractivity contribution is 5.96. The lowest BCUT2D eigenvalue weighted by Crippen LogP contribution is -2.22. The first-order chi connectivity index (χ1) is 12.3. The molecule has 0 saturated heterocycles. The van der Waals surface area contributed by atoms with E-state index in [0.29, 0.717) is 16.9 Å². The van der Waals surface area contributed by atoms with Crippen LogP contribution < -0.4 is 16.0 Å². The van der Waals surface area contributed by atoms with E-state index < -0.39 is 0 Å². The second-order valence-electron chi connectivity index (χ2n) is 5.94. The van der Waals surface area contributed by atoms with Gasteiger partial charge in [0.2, 0.25) is 11.8 Å². The largest absolute Gasteiger partial charge is 0.376 e. The van der Waals surface area contributed by atoms with E-state index in [1.165, 1.54) is 11.8 Å². The highest BCUT2D eigenvalue weighted by Gasteiger charge is 2.08. The number of carbonyl (C=O) groups excluding carboxylic acids is 3. The van der Waals surface area contributed by atoms with Gasteiger partial charge in [0, 0.05) is 43.6 Å². The van der Waals surface area contributed by atoms with E-state index in [0.717, 1.165) is 5.69 Å². The molecule has 3 N–H and O–H groups in total. The van der Waals surface area contributed by atoms with E-state index in [1.807, 2.05) is 0 Å². The first kappa shape index (κ1) is 19.0. The summed E-state index contributed by atoms with van der Waals surface area (Å²) in [6.45, 7) is 1.50. The lowest BCUT2D eigenvalue weighted by molar-refractivity contribution is -0.115. The highest BCUT2D eigenvalue weighted by Crippen LogP contribution is 2.15. The summed E-state index contributed by atoms with van der Waals surface area (Å²) in [5.41, 5.74) is 2.53. The molecule has 3 amide bonds. The Bertz CT molecular complexity index is 801. The van der Waals surface area contributed by atoms with Crippen molar-refractivity contribution < 1.29 is 14.4 Å². The quantitative estimate of drug-likeness (QED) is 0.743. The van der Waals surface area contributed by atoms with Crippen LogP contribution in [0.4, 0.5) is 17.1 Å². The van der Waals surface area contributed by atoms with Crippen LogP contribution in [-0.2, 0) is 9.59 Å².